The Morgan fingerprint density at radius 3 is 2.77 bits per heavy atom. The van der Waals surface area contributed by atoms with Gasteiger partial charge in [0.1, 0.15) is 36.2 Å². The van der Waals surface area contributed by atoms with E-state index in [-0.39, 0.29) is 12.4 Å². The lowest BCUT2D eigenvalue weighted by Gasteiger charge is -2.26. The van der Waals surface area contributed by atoms with Gasteiger partial charge in [-0.25, -0.2) is 15.0 Å². The number of imidazole rings is 1. The van der Waals surface area contributed by atoms with E-state index in [1.807, 2.05) is 36.1 Å². The Bertz CT molecular complexity index is 1360. The van der Waals surface area contributed by atoms with Crippen LogP contribution in [0.2, 0.25) is 0 Å². The highest BCUT2D eigenvalue weighted by atomic mass is 16.6. The number of aliphatic hydroxyl groups excluding tert-OH is 2. The van der Waals surface area contributed by atoms with Crippen molar-refractivity contribution in [3.05, 3.63) is 54.1 Å². The molecular weight excluding hydrogens is 516 g/mol. The van der Waals surface area contributed by atoms with E-state index in [9.17, 15) is 15.0 Å². The number of nitrogen functional groups attached to an aromatic ring is 1. The van der Waals surface area contributed by atoms with Crippen LogP contribution in [0.25, 0.3) is 17.2 Å². The number of hydrogen-bond acceptors (Lipinski definition) is 12. The normalized spacial score (nSPS) is 21.7. The molecule has 3 heterocycles. The topological polar surface area (TPSA) is 199 Å². The summed E-state index contributed by atoms with van der Waals surface area (Å²) in [6.07, 6.45) is 3.45. The van der Waals surface area contributed by atoms with Crippen LogP contribution in [-0.2, 0) is 14.3 Å². The van der Waals surface area contributed by atoms with Crippen molar-refractivity contribution in [3.63, 3.8) is 0 Å². The van der Waals surface area contributed by atoms with Crippen LogP contribution in [0.1, 0.15) is 37.1 Å². The summed E-state index contributed by atoms with van der Waals surface area (Å²) in [6.45, 7) is 3.31. The average molecular weight is 551 g/mol. The van der Waals surface area contributed by atoms with Gasteiger partial charge in [0, 0.05) is 19.6 Å². The van der Waals surface area contributed by atoms with E-state index < -0.39 is 36.6 Å². The highest BCUT2D eigenvalue weighted by Gasteiger charge is 2.44. The van der Waals surface area contributed by atoms with Crippen LogP contribution in [0.3, 0.4) is 0 Å². The molecule has 2 aromatic heterocycles. The monoisotopic (exact) mass is 550 g/mol. The molecule has 3 aromatic rings. The minimum atomic E-state index is -1.25. The molecule has 1 fully saturated rings. The second-order valence-electron chi connectivity index (χ2n) is 9.59. The number of anilines is 1. The van der Waals surface area contributed by atoms with Crippen molar-refractivity contribution in [2.24, 2.45) is 5.73 Å². The van der Waals surface area contributed by atoms with Crippen LogP contribution in [-0.4, -0.2) is 91.2 Å². The average Bonchev–Trinajstić information content (AvgIpc) is 3.51. The molecule has 40 heavy (non-hydrogen) atoms. The second kappa shape index (κ2) is 13.4. The number of nitriles is 1. The molecule has 13 nitrogen and oxygen atoms in total. The first kappa shape index (κ1) is 29.1. The van der Waals surface area contributed by atoms with Gasteiger partial charge in [0.25, 0.3) is 0 Å². The summed E-state index contributed by atoms with van der Waals surface area (Å²) in [4.78, 5) is 26.5. The van der Waals surface area contributed by atoms with Crippen molar-refractivity contribution in [2.45, 2.75) is 50.3 Å². The zero-order chi connectivity index (χ0) is 28.6. The third-order valence-electron chi connectivity index (χ3n) is 6.66. The molecule has 0 spiro atoms. The van der Waals surface area contributed by atoms with E-state index in [1.165, 1.54) is 17.2 Å². The number of esters is 1. The van der Waals surface area contributed by atoms with Gasteiger partial charge >= 0.3 is 5.97 Å². The number of aromatic nitrogens is 4. The summed E-state index contributed by atoms with van der Waals surface area (Å²) in [7, 11) is 0. The number of aliphatic hydroxyl groups is 2. The lowest BCUT2D eigenvalue weighted by molar-refractivity contribution is -0.145. The number of ether oxygens (including phenoxy) is 2. The van der Waals surface area contributed by atoms with Crippen molar-refractivity contribution in [3.8, 4) is 6.07 Å². The van der Waals surface area contributed by atoms with Gasteiger partial charge in [0.15, 0.2) is 17.7 Å². The molecule has 1 unspecified atom stereocenters. The van der Waals surface area contributed by atoms with Crippen LogP contribution in [0.15, 0.2) is 43.0 Å². The molecule has 0 radical (unpaired) electrons. The van der Waals surface area contributed by atoms with Crippen LogP contribution in [0.5, 0.6) is 0 Å². The molecule has 1 saturated heterocycles. The predicted octanol–water partition coefficient (Wildman–Crippen LogP) is 0.585. The highest BCUT2D eigenvalue weighted by molar-refractivity contribution is 5.81. The SMILES string of the molecule is CCCOC(=O)C(N)CCN(C/C=C/c1ccc(C#N)cc1)C[C@H]1O[C@@H](n2cnc3c(N)ncnc32)[C@H](O)[C@@H]1O. The van der Waals surface area contributed by atoms with Crippen molar-refractivity contribution in [1.29, 1.82) is 5.26 Å². The summed E-state index contributed by atoms with van der Waals surface area (Å²) in [5.41, 5.74) is 14.2. The summed E-state index contributed by atoms with van der Waals surface area (Å²) < 4.78 is 12.8. The summed E-state index contributed by atoms with van der Waals surface area (Å²) in [5, 5.41) is 30.7. The van der Waals surface area contributed by atoms with Crippen molar-refractivity contribution >= 4 is 29.0 Å². The first-order valence-corrected chi connectivity index (χ1v) is 13.1. The largest absolute Gasteiger partial charge is 0.465 e. The highest BCUT2D eigenvalue weighted by Crippen LogP contribution is 2.32. The lowest BCUT2D eigenvalue weighted by Crippen LogP contribution is -2.42. The van der Waals surface area contributed by atoms with Crippen LogP contribution < -0.4 is 11.5 Å². The minimum Gasteiger partial charge on any atom is -0.465 e. The maximum atomic E-state index is 12.2. The fourth-order valence-corrected chi connectivity index (χ4v) is 4.43. The lowest BCUT2D eigenvalue weighted by atomic mass is 10.1. The van der Waals surface area contributed by atoms with E-state index in [2.05, 4.69) is 21.0 Å². The number of hydrogen-bond donors (Lipinski definition) is 4. The Hall–Kier alpha value is -3.93. The number of benzene rings is 1. The summed E-state index contributed by atoms with van der Waals surface area (Å²) >= 11 is 0. The number of rotatable bonds is 12. The van der Waals surface area contributed by atoms with Crippen LogP contribution in [0, 0.1) is 11.3 Å². The molecule has 6 N–H and O–H groups in total. The van der Waals surface area contributed by atoms with Gasteiger partial charge < -0.3 is 31.2 Å². The molecule has 0 amide bonds. The van der Waals surface area contributed by atoms with Crippen molar-refractivity contribution < 1.29 is 24.5 Å². The van der Waals surface area contributed by atoms with E-state index in [0.717, 1.165) is 5.56 Å². The Labute approximate surface area is 231 Å². The Morgan fingerprint density at radius 2 is 2.05 bits per heavy atom. The molecule has 4 rings (SSSR count). The van der Waals surface area contributed by atoms with Gasteiger partial charge in [-0.2, -0.15) is 5.26 Å². The maximum absolute atomic E-state index is 12.2. The van der Waals surface area contributed by atoms with Gasteiger partial charge in [0.2, 0.25) is 0 Å². The molecule has 1 aliphatic rings. The molecular formula is C27H34N8O5. The fourth-order valence-electron chi connectivity index (χ4n) is 4.43. The summed E-state index contributed by atoms with van der Waals surface area (Å²) in [6, 6.07) is 8.45. The smallest absolute Gasteiger partial charge is 0.322 e. The van der Waals surface area contributed by atoms with E-state index in [0.29, 0.717) is 49.3 Å². The minimum absolute atomic E-state index is 0.197. The molecule has 5 atom stereocenters. The molecule has 0 bridgehead atoms. The zero-order valence-corrected chi connectivity index (χ0v) is 22.2. The van der Waals surface area contributed by atoms with E-state index in [4.69, 9.17) is 26.2 Å². The molecule has 212 valence electrons. The predicted molar refractivity (Wildman–Crippen MR) is 146 cm³/mol. The van der Waals surface area contributed by atoms with E-state index >= 15 is 0 Å². The quantitative estimate of drug-likeness (QED) is 0.229. The fraction of sp³-hybridized carbons (Fsp3) is 0.444. The van der Waals surface area contributed by atoms with Gasteiger partial charge in [-0.3, -0.25) is 14.3 Å². The maximum Gasteiger partial charge on any atom is 0.322 e. The Kier molecular flexibility index (Phi) is 9.75. The zero-order valence-electron chi connectivity index (χ0n) is 22.2. The number of carbonyl (C=O) groups excluding carboxylic acids is 1. The molecule has 1 aromatic carbocycles. The second-order valence-corrected chi connectivity index (χ2v) is 9.59. The van der Waals surface area contributed by atoms with Gasteiger partial charge in [-0.15, -0.1) is 0 Å². The van der Waals surface area contributed by atoms with Crippen LogP contribution >= 0.6 is 0 Å². The first-order valence-electron chi connectivity index (χ1n) is 13.1. The number of nitrogens with two attached hydrogens (primary N) is 2. The number of fused-ring (bicyclic) bond motifs is 1. The summed E-state index contributed by atoms with van der Waals surface area (Å²) in [5.74, 6) is -0.266. The van der Waals surface area contributed by atoms with Gasteiger partial charge in [-0.05, 0) is 30.5 Å². The Morgan fingerprint density at radius 1 is 1.27 bits per heavy atom. The van der Waals surface area contributed by atoms with E-state index in [1.54, 1.807) is 12.1 Å². The number of nitrogens with zero attached hydrogens (tertiary/aromatic N) is 6. The van der Waals surface area contributed by atoms with Crippen molar-refractivity contribution in [1.82, 2.24) is 24.4 Å². The third kappa shape index (κ3) is 6.79. The molecule has 1 aliphatic heterocycles. The molecule has 0 saturated carbocycles. The standard InChI is InChI=1S/C27H34N8O5/c1-2-12-39-27(38)19(29)9-11-34(10-3-4-17-5-7-18(13-28)8-6-17)14-20-22(36)23(37)26(40-20)35-16-33-21-24(30)31-15-32-25(21)35/h3-8,15-16,19-20,22-23,26,36-37H,2,9-12,14,29H2,1H3,(H2,30,31,32)/b4-3+/t19?,20-,22-,23-,26-/m1/s1. The van der Waals surface area contributed by atoms with Gasteiger partial charge in [0.05, 0.1) is 24.6 Å². The number of carbonyl (C=O) groups is 1. The third-order valence-corrected chi connectivity index (χ3v) is 6.66. The van der Waals surface area contributed by atoms with Crippen LogP contribution in [0.4, 0.5) is 5.82 Å². The van der Waals surface area contributed by atoms with Crippen molar-refractivity contribution in [2.75, 3.05) is 32.0 Å². The molecule has 0 aliphatic carbocycles. The van der Waals surface area contributed by atoms with Gasteiger partial charge in [-0.1, -0.05) is 31.2 Å². The first-order chi connectivity index (χ1) is 19.3. The Balaban J connectivity index is 1.46. The molecule has 13 heteroatoms.